The van der Waals surface area contributed by atoms with Crippen molar-refractivity contribution in [3.05, 3.63) is 69.3 Å². The van der Waals surface area contributed by atoms with Crippen LogP contribution in [0.5, 0.6) is 0 Å². The maximum Gasteiger partial charge on any atom is 0.263 e. The van der Waals surface area contributed by atoms with Gasteiger partial charge in [-0.15, -0.1) is 0 Å². The molecular formula is C27H28FN7O. The number of piperidine rings is 1. The Balaban J connectivity index is 1.71. The molecule has 0 bridgehead atoms. The Hall–Kier alpha value is -4.03. The molecule has 2 atom stereocenters. The van der Waals surface area contributed by atoms with Gasteiger partial charge in [-0.1, -0.05) is 0 Å². The van der Waals surface area contributed by atoms with Gasteiger partial charge in [0.2, 0.25) is 0 Å². The van der Waals surface area contributed by atoms with Gasteiger partial charge in [0.05, 0.1) is 16.8 Å². The molecule has 2 saturated heterocycles. The number of benzene rings is 2. The first-order valence-corrected chi connectivity index (χ1v) is 12.1. The summed E-state index contributed by atoms with van der Waals surface area (Å²) in [6, 6.07) is 11.9. The van der Waals surface area contributed by atoms with E-state index >= 15 is 0 Å². The van der Waals surface area contributed by atoms with Crippen LogP contribution in [0.15, 0.2) is 41.2 Å². The van der Waals surface area contributed by atoms with E-state index in [1.54, 1.807) is 38.2 Å². The molecule has 1 aromatic heterocycles. The number of rotatable bonds is 5. The Kier molecular flexibility index (Phi) is 6.29. The number of anilines is 2. The number of aromatic nitrogens is 2. The van der Waals surface area contributed by atoms with Crippen LogP contribution in [0.3, 0.4) is 0 Å². The first-order valence-electron chi connectivity index (χ1n) is 12.1. The summed E-state index contributed by atoms with van der Waals surface area (Å²) in [4.78, 5) is 21.0. The van der Waals surface area contributed by atoms with Crippen LogP contribution >= 0.6 is 0 Å². The summed E-state index contributed by atoms with van der Waals surface area (Å²) in [5.74, 6) is 0.744. The standard InChI is InChI=1S/C27H28FN7O/c1-16-25(34-10-8-24-19(15-34)7-9-32-24)33-26(17-3-4-18(13-29)22(28)12-17)35(27(16)36)21-5-6-23(31-2)20(11-21)14-30/h3-6,11-12,14,19,24,30-32H,7-10,15H2,1-2H3. The van der Waals surface area contributed by atoms with E-state index in [1.165, 1.54) is 22.9 Å². The minimum absolute atomic E-state index is 0.0692. The number of nitrogens with zero attached hydrogens (tertiary/aromatic N) is 4. The minimum atomic E-state index is -0.665. The van der Waals surface area contributed by atoms with Crippen LogP contribution in [0.25, 0.3) is 17.1 Å². The third-order valence-electron chi connectivity index (χ3n) is 7.30. The second kappa shape index (κ2) is 9.55. The molecule has 5 rings (SSSR count). The molecule has 0 spiro atoms. The molecule has 8 nitrogen and oxygen atoms in total. The van der Waals surface area contributed by atoms with Crippen molar-refractivity contribution in [3.63, 3.8) is 0 Å². The third-order valence-corrected chi connectivity index (χ3v) is 7.30. The Morgan fingerprint density at radius 3 is 2.83 bits per heavy atom. The minimum Gasteiger partial charge on any atom is -0.388 e. The van der Waals surface area contributed by atoms with Crippen molar-refractivity contribution in [3.8, 4) is 23.1 Å². The van der Waals surface area contributed by atoms with Crippen molar-refractivity contribution in [1.29, 1.82) is 10.7 Å². The van der Waals surface area contributed by atoms with Crippen molar-refractivity contribution in [2.45, 2.75) is 25.8 Å². The largest absolute Gasteiger partial charge is 0.388 e. The lowest BCUT2D eigenvalue weighted by Gasteiger charge is -2.36. The number of nitrogens with one attached hydrogen (secondary N) is 3. The first kappa shape index (κ1) is 23.7. The average molecular weight is 486 g/mol. The quantitative estimate of drug-likeness (QED) is 0.478. The maximum atomic E-state index is 14.7. The number of hydrogen-bond acceptors (Lipinski definition) is 7. The van der Waals surface area contributed by atoms with Crippen molar-refractivity contribution in [2.24, 2.45) is 5.92 Å². The summed E-state index contributed by atoms with van der Waals surface area (Å²) in [6.07, 6.45) is 3.29. The van der Waals surface area contributed by atoms with E-state index in [0.717, 1.165) is 38.2 Å². The first-order chi connectivity index (χ1) is 17.4. The van der Waals surface area contributed by atoms with E-state index in [-0.39, 0.29) is 11.1 Å². The number of halogens is 1. The Morgan fingerprint density at radius 2 is 2.11 bits per heavy atom. The summed E-state index contributed by atoms with van der Waals surface area (Å²) in [5, 5.41) is 23.6. The summed E-state index contributed by atoms with van der Waals surface area (Å²) < 4.78 is 16.1. The lowest BCUT2D eigenvalue weighted by Crippen LogP contribution is -2.45. The van der Waals surface area contributed by atoms with Crippen LogP contribution in [0, 0.1) is 35.4 Å². The van der Waals surface area contributed by atoms with Crippen LogP contribution in [-0.2, 0) is 0 Å². The van der Waals surface area contributed by atoms with Gasteiger partial charge in [-0.25, -0.2) is 9.37 Å². The van der Waals surface area contributed by atoms with Gasteiger partial charge in [0, 0.05) is 49.2 Å². The van der Waals surface area contributed by atoms with Gasteiger partial charge in [-0.3, -0.25) is 9.36 Å². The highest BCUT2D eigenvalue weighted by atomic mass is 19.1. The van der Waals surface area contributed by atoms with E-state index in [2.05, 4.69) is 15.5 Å². The molecule has 184 valence electrons. The summed E-state index contributed by atoms with van der Waals surface area (Å²) in [7, 11) is 1.77. The number of nitriles is 1. The van der Waals surface area contributed by atoms with Gasteiger partial charge in [-0.05, 0) is 68.6 Å². The van der Waals surface area contributed by atoms with E-state index in [9.17, 15) is 14.4 Å². The second-order valence-electron chi connectivity index (χ2n) is 9.34. The van der Waals surface area contributed by atoms with Crippen molar-refractivity contribution < 1.29 is 4.39 Å². The molecule has 2 unspecified atom stereocenters. The second-order valence-corrected chi connectivity index (χ2v) is 9.34. The van der Waals surface area contributed by atoms with Gasteiger partial charge in [0.15, 0.2) is 0 Å². The molecule has 0 radical (unpaired) electrons. The van der Waals surface area contributed by atoms with Crippen LogP contribution < -0.4 is 21.1 Å². The molecule has 2 fully saturated rings. The van der Waals surface area contributed by atoms with Gasteiger partial charge < -0.3 is 20.9 Å². The highest BCUT2D eigenvalue weighted by molar-refractivity contribution is 5.87. The number of fused-ring (bicyclic) bond motifs is 1. The van der Waals surface area contributed by atoms with Crippen molar-refractivity contribution in [1.82, 2.24) is 14.9 Å². The maximum absolute atomic E-state index is 14.7. The zero-order valence-electron chi connectivity index (χ0n) is 20.3. The molecule has 9 heteroatoms. The molecule has 3 heterocycles. The SMILES string of the molecule is CNc1ccc(-n2c(-c3ccc(C#N)c(F)c3)nc(N3CCC4NCCC4C3)c(C)c2=O)cc1C=N. The average Bonchev–Trinajstić information content (AvgIpc) is 3.37. The molecule has 0 saturated carbocycles. The molecule has 2 aromatic carbocycles. The van der Waals surface area contributed by atoms with E-state index < -0.39 is 5.82 Å². The topological polar surface area (TPSA) is 110 Å². The summed E-state index contributed by atoms with van der Waals surface area (Å²) in [6.45, 7) is 4.38. The zero-order chi connectivity index (χ0) is 25.4. The van der Waals surface area contributed by atoms with E-state index in [1.807, 2.05) is 6.07 Å². The highest BCUT2D eigenvalue weighted by Crippen LogP contribution is 2.31. The molecule has 3 aromatic rings. The van der Waals surface area contributed by atoms with E-state index in [0.29, 0.717) is 46.0 Å². The fourth-order valence-corrected chi connectivity index (χ4v) is 5.36. The molecule has 36 heavy (non-hydrogen) atoms. The molecule has 2 aliphatic heterocycles. The predicted molar refractivity (Wildman–Crippen MR) is 139 cm³/mol. The lowest BCUT2D eigenvalue weighted by molar-refractivity contribution is 0.374. The van der Waals surface area contributed by atoms with Crippen LogP contribution in [-0.4, -0.2) is 48.5 Å². The van der Waals surface area contributed by atoms with Crippen LogP contribution in [0.1, 0.15) is 29.5 Å². The Morgan fingerprint density at radius 1 is 1.28 bits per heavy atom. The Bertz CT molecular complexity index is 1440. The summed E-state index contributed by atoms with van der Waals surface area (Å²) in [5.41, 5.74) is 2.49. The fraction of sp³-hybridized carbons (Fsp3) is 0.333. The van der Waals surface area contributed by atoms with Gasteiger partial charge >= 0.3 is 0 Å². The number of hydrogen-bond donors (Lipinski definition) is 3. The summed E-state index contributed by atoms with van der Waals surface area (Å²) >= 11 is 0. The third kappa shape index (κ3) is 4.03. The Labute approximate surface area is 208 Å². The smallest absolute Gasteiger partial charge is 0.263 e. The highest BCUT2D eigenvalue weighted by Gasteiger charge is 2.34. The monoisotopic (exact) mass is 485 g/mol. The van der Waals surface area contributed by atoms with Gasteiger partial charge in [0.1, 0.15) is 23.5 Å². The zero-order valence-corrected chi connectivity index (χ0v) is 20.3. The van der Waals surface area contributed by atoms with Gasteiger partial charge in [0.25, 0.3) is 5.56 Å². The van der Waals surface area contributed by atoms with Crippen molar-refractivity contribution >= 4 is 17.7 Å². The molecule has 0 aliphatic carbocycles. The molecule has 2 aliphatic rings. The lowest BCUT2D eigenvalue weighted by atomic mass is 9.93. The van der Waals surface area contributed by atoms with Gasteiger partial charge in [-0.2, -0.15) is 5.26 Å². The predicted octanol–water partition coefficient (Wildman–Crippen LogP) is 3.45. The van der Waals surface area contributed by atoms with Crippen molar-refractivity contribution in [2.75, 3.05) is 36.9 Å². The molecule has 3 N–H and O–H groups in total. The van der Waals surface area contributed by atoms with E-state index in [4.69, 9.17) is 10.4 Å². The fourth-order valence-electron chi connectivity index (χ4n) is 5.36. The van der Waals surface area contributed by atoms with Crippen LogP contribution in [0.2, 0.25) is 0 Å². The molecular weight excluding hydrogens is 457 g/mol. The molecule has 0 amide bonds. The normalized spacial score (nSPS) is 19.0. The van der Waals surface area contributed by atoms with Crippen LogP contribution in [0.4, 0.5) is 15.9 Å².